The molecule has 0 aromatic rings. The zero-order valence-electron chi connectivity index (χ0n) is 7.83. The number of alkyl halides is 1. The molecule has 0 aromatic carbocycles. The first-order valence-corrected chi connectivity index (χ1v) is 4.45. The van der Waals surface area contributed by atoms with Gasteiger partial charge in [0, 0.05) is 0 Å². The third-order valence-electron chi connectivity index (χ3n) is 1.90. The molecule has 1 rings (SSSR count). The minimum Gasteiger partial charge on any atom is -0.447 e. The van der Waals surface area contributed by atoms with Gasteiger partial charge in [0.2, 0.25) is 5.91 Å². The maximum absolute atomic E-state index is 11.5. The molecule has 1 saturated heterocycles. The zero-order chi connectivity index (χ0) is 10.2. The van der Waals surface area contributed by atoms with E-state index in [1.807, 2.05) is 0 Å². The molecule has 4 nitrogen and oxygen atoms in total. The fourth-order valence-electron chi connectivity index (χ4n) is 1.18. The van der Waals surface area contributed by atoms with Crippen molar-refractivity contribution in [1.82, 2.24) is 4.90 Å². The highest BCUT2D eigenvalue weighted by Crippen LogP contribution is 2.24. The lowest BCUT2D eigenvalue weighted by atomic mass is 10.1. The van der Waals surface area contributed by atoms with Gasteiger partial charge >= 0.3 is 6.09 Å². The fourth-order valence-corrected chi connectivity index (χ4v) is 1.28. The fraction of sp³-hybridized carbons (Fsp3) is 0.750. The summed E-state index contributed by atoms with van der Waals surface area (Å²) in [5, 5.41) is -0.704. The average Bonchev–Trinajstić information content (AvgIpc) is 2.25. The summed E-state index contributed by atoms with van der Waals surface area (Å²) in [6, 6.07) is 0. The van der Waals surface area contributed by atoms with Crippen molar-refractivity contribution < 1.29 is 14.3 Å². The first kappa shape index (κ1) is 10.3. The molecule has 0 aromatic heterocycles. The summed E-state index contributed by atoms with van der Waals surface area (Å²) in [6.45, 7) is 5.27. The number of amides is 2. The van der Waals surface area contributed by atoms with Crippen molar-refractivity contribution in [1.29, 1.82) is 0 Å². The highest BCUT2D eigenvalue weighted by molar-refractivity contribution is 6.31. The van der Waals surface area contributed by atoms with Crippen LogP contribution in [0.1, 0.15) is 20.8 Å². The summed E-state index contributed by atoms with van der Waals surface area (Å²) in [5.41, 5.74) is -0.586. The highest BCUT2D eigenvalue weighted by atomic mass is 35.5. The Morgan fingerprint density at radius 3 is 2.54 bits per heavy atom. The second-order valence-corrected chi connectivity index (χ2v) is 4.31. The quantitative estimate of drug-likeness (QED) is 0.608. The monoisotopic (exact) mass is 205 g/mol. The molecule has 1 heterocycles. The van der Waals surface area contributed by atoms with Crippen molar-refractivity contribution in [2.75, 3.05) is 6.61 Å². The van der Waals surface area contributed by atoms with Crippen molar-refractivity contribution in [2.24, 2.45) is 0 Å². The Hall–Kier alpha value is -0.770. The van der Waals surface area contributed by atoms with Crippen LogP contribution in [-0.4, -0.2) is 34.4 Å². The molecular formula is C8H12ClNO3. The van der Waals surface area contributed by atoms with E-state index in [-0.39, 0.29) is 6.61 Å². The van der Waals surface area contributed by atoms with Crippen LogP contribution in [0.3, 0.4) is 0 Å². The SMILES string of the molecule is CC(Cl)C(=O)N1C(=O)OCC1(C)C. The molecule has 0 saturated carbocycles. The summed E-state index contributed by atoms with van der Waals surface area (Å²) >= 11 is 5.60. The van der Waals surface area contributed by atoms with Crippen LogP contribution in [0.2, 0.25) is 0 Å². The number of halogens is 1. The van der Waals surface area contributed by atoms with Crippen molar-refractivity contribution in [3.8, 4) is 0 Å². The van der Waals surface area contributed by atoms with E-state index < -0.39 is 22.9 Å². The average molecular weight is 206 g/mol. The molecule has 5 heteroatoms. The number of rotatable bonds is 1. The smallest absolute Gasteiger partial charge is 0.417 e. The zero-order valence-corrected chi connectivity index (χ0v) is 8.59. The molecule has 74 valence electrons. The number of ether oxygens (including phenoxy) is 1. The Bertz CT molecular complexity index is 250. The van der Waals surface area contributed by atoms with Crippen molar-refractivity contribution in [2.45, 2.75) is 31.7 Å². The molecule has 0 aliphatic carbocycles. The molecule has 2 amide bonds. The molecule has 0 N–H and O–H groups in total. The molecule has 1 unspecified atom stereocenters. The Morgan fingerprint density at radius 2 is 2.23 bits per heavy atom. The maximum Gasteiger partial charge on any atom is 0.417 e. The van der Waals surface area contributed by atoms with Crippen LogP contribution in [0.25, 0.3) is 0 Å². The lowest BCUT2D eigenvalue weighted by molar-refractivity contribution is -0.130. The van der Waals surface area contributed by atoms with E-state index in [1.54, 1.807) is 13.8 Å². The lowest BCUT2D eigenvalue weighted by Crippen LogP contribution is -2.48. The van der Waals surface area contributed by atoms with Crippen molar-refractivity contribution >= 4 is 23.6 Å². The number of carbonyl (C=O) groups excluding carboxylic acids is 2. The van der Waals surface area contributed by atoms with Gasteiger partial charge < -0.3 is 4.74 Å². The first-order valence-electron chi connectivity index (χ1n) is 4.01. The van der Waals surface area contributed by atoms with Gasteiger partial charge in [-0.3, -0.25) is 4.79 Å². The summed E-state index contributed by atoms with van der Waals surface area (Å²) in [4.78, 5) is 23.7. The summed E-state index contributed by atoms with van der Waals surface area (Å²) in [6.07, 6.45) is -0.609. The third-order valence-corrected chi connectivity index (χ3v) is 2.08. The molecule has 0 spiro atoms. The van der Waals surface area contributed by atoms with Crippen LogP contribution < -0.4 is 0 Å². The lowest BCUT2D eigenvalue weighted by Gasteiger charge is -2.26. The van der Waals surface area contributed by atoms with Crippen LogP contribution >= 0.6 is 11.6 Å². The number of nitrogens with zero attached hydrogens (tertiary/aromatic N) is 1. The van der Waals surface area contributed by atoms with Crippen LogP contribution in [0, 0.1) is 0 Å². The number of carbonyl (C=O) groups is 2. The largest absolute Gasteiger partial charge is 0.447 e. The van der Waals surface area contributed by atoms with E-state index in [9.17, 15) is 9.59 Å². The topological polar surface area (TPSA) is 46.6 Å². The Balaban J connectivity index is 2.88. The van der Waals surface area contributed by atoms with Gasteiger partial charge in [0.15, 0.2) is 0 Å². The minimum absolute atomic E-state index is 0.223. The van der Waals surface area contributed by atoms with E-state index in [0.717, 1.165) is 4.90 Å². The molecule has 0 bridgehead atoms. The van der Waals surface area contributed by atoms with Crippen LogP contribution in [0.4, 0.5) is 4.79 Å². The van der Waals surface area contributed by atoms with E-state index in [2.05, 4.69) is 0 Å². The van der Waals surface area contributed by atoms with E-state index in [1.165, 1.54) is 6.92 Å². The van der Waals surface area contributed by atoms with Gasteiger partial charge in [-0.15, -0.1) is 11.6 Å². The normalized spacial score (nSPS) is 22.8. The van der Waals surface area contributed by atoms with Crippen molar-refractivity contribution in [3.05, 3.63) is 0 Å². The van der Waals surface area contributed by atoms with Gasteiger partial charge in [-0.1, -0.05) is 0 Å². The second kappa shape index (κ2) is 3.18. The van der Waals surface area contributed by atoms with Gasteiger partial charge in [-0.2, -0.15) is 0 Å². The van der Waals surface area contributed by atoms with Crippen LogP contribution in [0.5, 0.6) is 0 Å². The Kier molecular flexibility index (Phi) is 2.52. The molecule has 1 aliphatic rings. The Morgan fingerprint density at radius 1 is 1.69 bits per heavy atom. The molecule has 13 heavy (non-hydrogen) atoms. The minimum atomic E-state index is -0.704. The Labute approximate surface area is 81.8 Å². The number of hydrogen-bond acceptors (Lipinski definition) is 3. The predicted molar refractivity (Wildman–Crippen MR) is 47.6 cm³/mol. The van der Waals surface area contributed by atoms with Gasteiger partial charge in [-0.25, -0.2) is 9.69 Å². The second-order valence-electron chi connectivity index (χ2n) is 3.66. The third kappa shape index (κ3) is 1.77. The van der Waals surface area contributed by atoms with Gasteiger partial charge in [0.1, 0.15) is 12.0 Å². The predicted octanol–water partition coefficient (Wildman–Crippen LogP) is 1.37. The van der Waals surface area contributed by atoms with Gasteiger partial charge in [-0.05, 0) is 20.8 Å². The molecule has 0 radical (unpaired) electrons. The van der Waals surface area contributed by atoms with E-state index in [4.69, 9.17) is 16.3 Å². The molecule has 1 fully saturated rings. The van der Waals surface area contributed by atoms with E-state index in [0.29, 0.717) is 0 Å². The van der Waals surface area contributed by atoms with Crippen molar-refractivity contribution in [3.63, 3.8) is 0 Å². The van der Waals surface area contributed by atoms with Gasteiger partial charge in [0.05, 0.1) is 5.54 Å². The molecule has 1 atom stereocenters. The van der Waals surface area contributed by atoms with Gasteiger partial charge in [0.25, 0.3) is 0 Å². The number of cyclic esters (lactones) is 1. The summed E-state index contributed by atoms with van der Waals surface area (Å²) < 4.78 is 4.76. The highest BCUT2D eigenvalue weighted by Gasteiger charge is 2.45. The summed E-state index contributed by atoms with van der Waals surface area (Å²) in [5.74, 6) is -0.408. The number of imide groups is 1. The number of hydrogen-bond donors (Lipinski definition) is 0. The van der Waals surface area contributed by atoms with Crippen LogP contribution in [-0.2, 0) is 9.53 Å². The molecule has 1 aliphatic heterocycles. The van der Waals surface area contributed by atoms with E-state index >= 15 is 0 Å². The standard InChI is InChI=1S/C8H12ClNO3/c1-5(9)6(11)10-7(12)13-4-8(10,2)3/h5H,4H2,1-3H3. The summed E-state index contributed by atoms with van der Waals surface area (Å²) in [7, 11) is 0. The maximum atomic E-state index is 11.5. The molecular weight excluding hydrogens is 194 g/mol. The first-order chi connectivity index (χ1) is 5.86. The van der Waals surface area contributed by atoms with Crippen LogP contribution in [0.15, 0.2) is 0 Å².